The Morgan fingerprint density at radius 1 is 1.50 bits per heavy atom. The average Bonchev–Trinajstić information content (AvgIpc) is 2.13. The Bertz CT molecular complexity index is 205. The van der Waals surface area contributed by atoms with Gasteiger partial charge in [0.05, 0.1) is 0 Å². The van der Waals surface area contributed by atoms with Gasteiger partial charge in [0.15, 0.2) is 0 Å². The highest BCUT2D eigenvalue weighted by Gasteiger charge is 2.01. The van der Waals surface area contributed by atoms with E-state index < -0.39 is 0 Å². The first-order valence-corrected chi connectivity index (χ1v) is 4.25. The summed E-state index contributed by atoms with van der Waals surface area (Å²) in [6.07, 6.45) is 1.06. The van der Waals surface area contributed by atoms with Gasteiger partial charge in [0, 0.05) is 6.42 Å². The Kier molecular flexibility index (Phi) is 2.38. The summed E-state index contributed by atoms with van der Waals surface area (Å²) < 4.78 is 4.10. The number of rotatable bonds is 2. The molecule has 0 aliphatic rings. The third-order valence-electron chi connectivity index (χ3n) is 1.15. The number of nitrogens with zero attached hydrogens (tertiary/aromatic N) is 2. The molecule has 0 saturated heterocycles. The van der Waals surface area contributed by atoms with E-state index in [4.69, 9.17) is 0 Å². The molecule has 0 spiro atoms. The molecule has 0 aromatic carbocycles. The summed E-state index contributed by atoms with van der Waals surface area (Å²) in [6, 6.07) is 0. The number of aromatic nitrogens is 2. The zero-order valence-electron chi connectivity index (χ0n) is 6.59. The molecule has 10 heavy (non-hydrogen) atoms. The zero-order valence-corrected chi connectivity index (χ0v) is 7.40. The summed E-state index contributed by atoms with van der Waals surface area (Å²) in [5, 5.41) is 1.16. The molecule has 0 aliphatic carbocycles. The number of hydrogen-bond donors (Lipinski definition) is 0. The van der Waals surface area contributed by atoms with Gasteiger partial charge in [-0.15, -0.1) is 0 Å². The highest BCUT2D eigenvalue weighted by Crippen LogP contribution is 2.09. The second-order valence-electron chi connectivity index (χ2n) is 2.83. The first-order valence-electron chi connectivity index (χ1n) is 3.47. The summed E-state index contributed by atoms with van der Waals surface area (Å²) in [7, 11) is 0. The maximum Gasteiger partial charge on any atom is 0.139 e. The van der Waals surface area contributed by atoms with Gasteiger partial charge in [-0.05, 0) is 24.4 Å². The Labute approximate surface area is 65.5 Å². The van der Waals surface area contributed by atoms with Gasteiger partial charge >= 0.3 is 0 Å². The molecule has 1 rings (SSSR count). The molecular formula is C7H12N2S. The van der Waals surface area contributed by atoms with Gasteiger partial charge in [-0.1, -0.05) is 13.8 Å². The molecule has 1 aromatic rings. The summed E-state index contributed by atoms with van der Waals surface area (Å²) >= 11 is 1.52. The number of hydrogen-bond acceptors (Lipinski definition) is 3. The molecule has 3 heteroatoms. The summed E-state index contributed by atoms with van der Waals surface area (Å²) in [4.78, 5) is 4.26. The van der Waals surface area contributed by atoms with Crippen LogP contribution in [-0.2, 0) is 6.42 Å². The third kappa shape index (κ3) is 2.06. The normalized spacial score (nSPS) is 10.8. The van der Waals surface area contributed by atoms with E-state index in [9.17, 15) is 0 Å². The molecule has 0 N–H and O–H groups in total. The van der Waals surface area contributed by atoms with Crippen molar-refractivity contribution < 1.29 is 0 Å². The molecule has 0 unspecified atom stereocenters. The fourth-order valence-corrected chi connectivity index (χ4v) is 1.63. The number of aryl methyl sites for hydroxylation is 1. The average molecular weight is 156 g/mol. The van der Waals surface area contributed by atoms with Crippen molar-refractivity contribution in [2.75, 3.05) is 0 Å². The third-order valence-corrected chi connectivity index (χ3v) is 1.98. The zero-order chi connectivity index (χ0) is 7.56. The lowest BCUT2D eigenvalue weighted by atomic mass is 10.1. The fraction of sp³-hybridized carbons (Fsp3) is 0.714. The van der Waals surface area contributed by atoms with Crippen LogP contribution >= 0.6 is 11.5 Å². The second-order valence-corrected chi connectivity index (χ2v) is 3.67. The molecule has 0 radical (unpaired) electrons. The van der Waals surface area contributed by atoms with Crippen LogP contribution in [0.25, 0.3) is 0 Å². The smallest absolute Gasteiger partial charge is 0.139 e. The lowest BCUT2D eigenvalue weighted by Crippen LogP contribution is -1.92. The van der Waals surface area contributed by atoms with E-state index in [1.165, 1.54) is 11.5 Å². The minimum Gasteiger partial charge on any atom is -0.225 e. The van der Waals surface area contributed by atoms with Crippen LogP contribution in [0.15, 0.2) is 0 Å². The van der Waals surface area contributed by atoms with E-state index in [2.05, 4.69) is 23.2 Å². The van der Waals surface area contributed by atoms with Gasteiger partial charge in [-0.25, -0.2) is 4.98 Å². The molecule has 0 atom stereocenters. The first kappa shape index (κ1) is 7.66. The van der Waals surface area contributed by atoms with Crippen LogP contribution in [0.4, 0.5) is 0 Å². The summed E-state index contributed by atoms with van der Waals surface area (Å²) in [6.45, 7) is 6.31. The van der Waals surface area contributed by atoms with Crippen molar-refractivity contribution in [2.24, 2.45) is 5.92 Å². The topological polar surface area (TPSA) is 25.8 Å². The fourth-order valence-electron chi connectivity index (χ4n) is 0.772. The van der Waals surface area contributed by atoms with E-state index in [0.717, 1.165) is 17.3 Å². The Morgan fingerprint density at radius 3 is 2.60 bits per heavy atom. The van der Waals surface area contributed by atoms with Gasteiger partial charge in [-0.3, -0.25) is 0 Å². The SMILES string of the molecule is Cc1nsc(CC(C)C)n1. The molecule has 0 fully saturated rings. The first-order chi connectivity index (χ1) is 4.68. The predicted octanol–water partition coefficient (Wildman–Crippen LogP) is 2.05. The van der Waals surface area contributed by atoms with E-state index in [1.807, 2.05) is 6.92 Å². The Balaban J connectivity index is 2.58. The van der Waals surface area contributed by atoms with Crippen LogP contribution < -0.4 is 0 Å². The van der Waals surface area contributed by atoms with Gasteiger partial charge < -0.3 is 0 Å². The van der Waals surface area contributed by atoms with Crippen molar-refractivity contribution in [3.05, 3.63) is 10.8 Å². The van der Waals surface area contributed by atoms with Crippen LogP contribution in [-0.4, -0.2) is 9.36 Å². The minimum atomic E-state index is 0.687. The molecule has 0 saturated carbocycles. The van der Waals surface area contributed by atoms with E-state index in [0.29, 0.717) is 5.92 Å². The van der Waals surface area contributed by atoms with Gasteiger partial charge in [0.2, 0.25) is 0 Å². The minimum absolute atomic E-state index is 0.687. The summed E-state index contributed by atoms with van der Waals surface area (Å²) in [5.41, 5.74) is 0. The molecule has 0 aliphatic heterocycles. The standard InChI is InChI=1S/C7H12N2S/c1-5(2)4-7-8-6(3)9-10-7/h5H,4H2,1-3H3. The largest absolute Gasteiger partial charge is 0.225 e. The summed E-state index contributed by atoms with van der Waals surface area (Å²) in [5.74, 6) is 1.59. The highest BCUT2D eigenvalue weighted by molar-refractivity contribution is 7.05. The quantitative estimate of drug-likeness (QED) is 0.655. The maximum atomic E-state index is 4.26. The van der Waals surface area contributed by atoms with Crippen LogP contribution in [0.5, 0.6) is 0 Å². The molecular weight excluding hydrogens is 144 g/mol. The van der Waals surface area contributed by atoms with Crippen molar-refractivity contribution in [1.29, 1.82) is 0 Å². The second kappa shape index (κ2) is 3.10. The maximum absolute atomic E-state index is 4.26. The van der Waals surface area contributed by atoms with Gasteiger partial charge in [0.1, 0.15) is 10.8 Å². The Hall–Kier alpha value is -0.440. The van der Waals surface area contributed by atoms with Crippen LogP contribution in [0.3, 0.4) is 0 Å². The van der Waals surface area contributed by atoms with Gasteiger partial charge in [-0.2, -0.15) is 4.37 Å². The van der Waals surface area contributed by atoms with E-state index in [1.54, 1.807) is 0 Å². The van der Waals surface area contributed by atoms with E-state index in [-0.39, 0.29) is 0 Å². The van der Waals surface area contributed by atoms with E-state index >= 15 is 0 Å². The molecule has 1 heterocycles. The molecule has 0 amide bonds. The van der Waals surface area contributed by atoms with Crippen molar-refractivity contribution in [3.63, 3.8) is 0 Å². The molecule has 0 bridgehead atoms. The highest BCUT2D eigenvalue weighted by atomic mass is 32.1. The van der Waals surface area contributed by atoms with Crippen molar-refractivity contribution in [1.82, 2.24) is 9.36 Å². The van der Waals surface area contributed by atoms with Crippen LogP contribution in [0.1, 0.15) is 24.7 Å². The van der Waals surface area contributed by atoms with Crippen molar-refractivity contribution in [2.45, 2.75) is 27.2 Å². The predicted molar refractivity (Wildman–Crippen MR) is 43.2 cm³/mol. The van der Waals surface area contributed by atoms with Gasteiger partial charge in [0.25, 0.3) is 0 Å². The van der Waals surface area contributed by atoms with Crippen LogP contribution in [0.2, 0.25) is 0 Å². The lowest BCUT2D eigenvalue weighted by molar-refractivity contribution is 0.643. The molecule has 1 aromatic heterocycles. The molecule has 56 valence electrons. The Morgan fingerprint density at radius 2 is 2.20 bits per heavy atom. The lowest BCUT2D eigenvalue weighted by Gasteiger charge is -1.96. The van der Waals surface area contributed by atoms with Crippen LogP contribution in [0, 0.1) is 12.8 Å². The van der Waals surface area contributed by atoms with Crippen molar-refractivity contribution in [3.8, 4) is 0 Å². The van der Waals surface area contributed by atoms with Crippen molar-refractivity contribution >= 4 is 11.5 Å². The monoisotopic (exact) mass is 156 g/mol. The molecule has 2 nitrogen and oxygen atoms in total.